The molecule has 1 aromatic carbocycles. The number of halogens is 2. The summed E-state index contributed by atoms with van der Waals surface area (Å²) in [6, 6.07) is 7.48. The monoisotopic (exact) mass is 405 g/mol. The number of unbranched alkanes of at least 4 members (excludes halogenated alkanes) is 1. The molecule has 0 saturated carbocycles. The van der Waals surface area contributed by atoms with Crippen molar-refractivity contribution >= 4 is 44.8 Å². The summed E-state index contributed by atoms with van der Waals surface area (Å²) in [7, 11) is 0. The van der Waals surface area contributed by atoms with Gasteiger partial charge in [0.15, 0.2) is 0 Å². The van der Waals surface area contributed by atoms with E-state index in [-0.39, 0.29) is 5.56 Å². The van der Waals surface area contributed by atoms with Gasteiger partial charge in [-0.2, -0.15) is 5.26 Å². The number of fused-ring (bicyclic) bond motifs is 1. The van der Waals surface area contributed by atoms with Crippen LogP contribution in [0.5, 0.6) is 0 Å². The molecule has 0 fully saturated rings. The first-order valence-electron chi connectivity index (χ1n) is 8.40. The van der Waals surface area contributed by atoms with E-state index in [1.807, 2.05) is 11.4 Å². The molecule has 2 aromatic heterocycles. The van der Waals surface area contributed by atoms with Crippen molar-refractivity contribution in [2.24, 2.45) is 0 Å². The Labute approximate surface area is 165 Å². The van der Waals surface area contributed by atoms with Crippen molar-refractivity contribution in [3.8, 4) is 17.2 Å². The number of rotatable bonds is 6. The van der Waals surface area contributed by atoms with Crippen molar-refractivity contribution in [1.82, 2.24) is 9.55 Å². The van der Waals surface area contributed by atoms with Gasteiger partial charge >= 0.3 is 0 Å². The van der Waals surface area contributed by atoms with Gasteiger partial charge in [-0.3, -0.25) is 9.36 Å². The van der Waals surface area contributed by atoms with Crippen LogP contribution >= 0.6 is 34.5 Å². The van der Waals surface area contributed by atoms with E-state index in [2.05, 4.69) is 13.0 Å². The van der Waals surface area contributed by atoms with E-state index in [1.54, 1.807) is 16.7 Å². The van der Waals surface area contributed by atoms with Gasteiger partial charge in [-0.25, -0.2) is 4.98 Å². The lowest BCUT2D eigenvalue weighted by Gasteiger charge is -2.12. The second-order valence-electron chi connectivity index (χ2n) is 5.95. The fraction of sp³-hybridized carbons (Fsp3) is 0.316. The zero-order valence-electron chi connectivity index (χ0n) is 14.3. The topological polar surface area (TPSA) is 58.7 Å². The van der Waals surface area contributed by atoms with Crippen molar-refractivity contribution in [3.05, 3.63) is 49.8 Å². The Balaban J connectivity index is 2.18. The smallest absolute Gasteiger partial charge is 0.262 e. The van der Waals surface area contributed by atoms with E-state index in [0.717, 1.165) is 34.6 Å². The highest BCUT2D eigenvalue weighted by molar-refractivity contribution is 7.17. The molecule has 134 valence electrons. The van der Waals surface area contributed by atoms with E-state index in [9.17, 15) is 4.79 Å². The average Bonchev–Trinajstić information content (AvgIpc) is 3.04. The molecule has 4 nitrogen and oxygen atoms in total. The van der Waals surface area contributed by atoms with E-state index < -0.39 is 0 Å². The predicted octanol–water partition coefficient (Wildman–Crippen LogP) is 5.69. The first kappa shape index (κ1) is 18.9. The van der Waals surface area contributed by atoms with Crippen LogP contribution in [0, 0.1) is 11.3 Å². The molecule has 0 aliphatic carbocycles. The first-order chi connectivity index (χ1) is 12.6. The summed E-state index contributed by atoms with van der Waals surface area (Å²) in [4.78, 5) is 18.7. The molecule has 0 atom stereocenters. The maximum Gasteiger partial charge on any atom is 0.262 e. The zero-order chi connectivity index (χ0) is 18.7. The molecular weight excluding hydrogens is 389 g/mol. The third-order valence-corrected chi connectivity index (χ3v) is 5.76. The van der Waals surface area contributed by atoms with Crippen molar-refractivity contribution in [2.75, 3.05) is 0 Å². The van der Waals surface area contributed by atoms with Crippen LogP contribution in [0.3, 0.4) is 0 Å². The SMILES string of the molecule is CCCc1nc2scc(-c3ccc(Cl)c(Cl)c3)c2c(=O)n1CCCC#N. The standard InChI is InChI=1S/C19H17Cl2N3OS/c1-2-5-16-23-18-17(19(25)24(16)9-4-3-8-22)13(11-26-18)12-6-7-14(20)15(21)10-12/h6-7,10-11H,2-5,9H2,1H3. The van der Waals surface area contributed by atoms with Gasteiger partial charge in [-0.05, 0) is 30.5 Å². The Morgan fingerprint density at radius 1 is 1.31 bits per heavy atom. The van der Waals surface area contributed by atoms with Gasteiger partial charge in [0, 0.05) is 30.3 Å². The third-order valence-electron chi connectivity index (χ3n) is 4.15. The number of aromatic nitrogens is 2. The lowest BCUT2D eigenvalue weighted by Crippen LogP contribution is -2.25. The highest BCUT2D eigenvalue weighted by atomic mass is 35.5. The van der Waals surface area contributed by atoms with E-state index in [4.69, 9.17) is 33.4 Å². The fourth-order valence-corrected chi connectivity index (χ4v) is 4.16. The quantitative estimate of drug-likeness (QED) is 0.494. The number of nitriles is 1. The number of nitrogens with zero attached hydrogens (tertiary/aromatic N) is 3. The minimum atomic E-state index is -0.0567. The van der Waals surface area contributed by atoms with Crippen molar-refractivity contribution in [2.45, 2.75) is 39.2 Å². The predicted molar refractivity (Wildman–Crippen MR) is 108 cm³/mol. The largest absolute Gasteiger partial charge is 0.296 e. The number of aryl methyl sites for hydroxylation is 1. The maximum absolute atomic E-state index is 13.2. The Morgan fingerprint density at radius 3 is 2.81 bits per heavy atom. The van der Waals surface area contributed by atoms with Gasteiger partial charge in [-0.1, -0.05) is 36.2 Å². The Bertz CT molecular complexity index is 1050. The summed E-state index contributed by atoms with van der Waals surface area (Å²) >= 11 is 13.6. The summed E-state index contributed by atoms with van der Waals surface area (Å²) in [5.41, 5.74) is 1.60. The van der Waals surface area contributed by atoms with Gasteiger partial charge in [0.25, 0.3) is 5.56 Å². The molecule has 2 heterocycles. The third kappa shape index (κ3) is 3.64. The second kappa shape index (κ2) is 8.22. The van der Waals surface area contributed by atoms with Crippen LogP contribution in [-0.2, 0) is 13.0 Å². The van der Waals surface area contributed by atoms with Crippen LogP contribution in [0.4, 0.5) is 0 Å². The first-order valence-corrected chi connectivity index (χ1v) is 10.0. The Hall–Kier alpha value is -1.87. The van der Waals surface area contributed by atoms with Crippen LogP contribution in [0.25, 0.3) is 21.3 Å². The van der Waals surface area contributed by atoms with Crippen molar-refractivity contribution in [3.63, 3.8) is 0 Å². The van der Waals surface area contributed by atoms with Crippen LogP contribution < -0.4 is 5.56 Å². The van der Waals surface area contributed by atoms with Crippen molar-refractivity contribution in [1.29, 1.82) is 5.26 Å². The molecule has 0 saturated heterocycles. The zero-order valence-corrected chi connectivity index (χ0v) is 16.6. The highest BCUT2D eigenvalue weighted by Crippen LogP contribution is 2.34. The van der Waals surface area contributed by atoms with Crippen molar-refractivity contribution < 1.29 is 0 Å². The summed E-state index contributed by atoms with van der Waals surface area (Å²) < 4.78 is 1.72. The maximum atomic E-state index is 13.2. The van der Waals surface area contributed by atoms with Crippen LogP contribution in [0.1, 0.15) is 32.0 Å². The van der Waals surface area contributed by atoms with E-state index in [0.29, 0.717) is 34.8 Å². The molecule has 3 aromatic rings. The Morgan fingerprint density at radius 2 is 2.12 bits per heavy atom. The van der Waals surface area contributed by atoms with Gasteiger partial charge in [-0.15, -0.1) is 11.3 Å². The van der Waals surface area contributed by atoms with Crippen LogP contribution in [0.15, 0.2) is 28.4 Å². The molecule has 0 bridgehead atoms. The number of benzene rings is 1. The molecule has 7 heteroatoms. The molecule has 0 amide bonds. The molecule has 3 rings (SSSR count). The second-order valence-corrected chi connectivity index (χ2v) is 7.63. The highest BCUT2D eigenvalue weighted by Gasteiger charge is 2.17. The Kier molecular flexibility index (Phi) is 5.98. The number of hydrogen-bond donors (Lipinski definition) is 0. The van der Waals surface area contributed by atoms with Gasteiger partial charge in [0.2, 0.25) is 0 Å². The molecule has 0 aliphatic rings. The molecule has 0 radical (unpaired) electrons. The minimum absolute atomic E-state index is 0.0567. The minimum Gasteiger partial charge on any atom is -0.296 e. The van der Waals surface area contributed by atoms with E-state index >= 15 is 0 Å². The number of thiophene rings is 1. The lowest BCUT2D eigenvalue weighted by atomic mass is 10.1. The number of hydrogen-bond acceptors (Lipinski definition) is 4. The molecular formula is C19H17Cl2N3OS. The summed E-state index contributed by atoms with van der Waals surface area (Å²) in [6.07, 6.45) is 2.69. The normalized spacial score (nSPS) is 11.0. The molecule has 0 spiro atoms. The molecule has 0 unspecified atom stereocenters. The summed E-state index contributed by atoms with van der Waals surface area (Å²) in [5, 5.41) is 12.3. The van der Waals surface area contributed by atoms with E-state index in [1.165, 1.54) is 11.3 Å². The van der Waals surface area contributed by atoms with Gasteiger partial charge in [0.05, 0.1) is 21.5 Å². The molecule has 0 aliphatic heterocycles. The van der Waals surface area contributed by atoms with Crippen LogP contribution in [0.2, 0.25) is 10.0 Å². The van der Waals surface area contributed by atoms with Gasteiger partial charge in [0.1, 0.15) is 10.7 Å². The molecule has 0 N–H and O–H groups in total. The lowest BCUT2D eigenvalue weighted by molar-refractivity contribution is 0.585. The summed E-state index contributed by atoms with van der Waals surface area (Å²) in [5.74, 6) is 0.783. The fourth-order valence-electron chi connectivity index (χ4n) is 2.90. The van der Waals surface area contributed by atoms with Crippen LogP contribution in [-0.4, -0.2) is 9.55 Å². The average molecular weight is 406 g/mol. The molecule has 26 heavy (non-hydrogen) atoms. The van der Waals surface area contributed by atoms with Gasteiger partial charge < -0.3 is 0 Å². The summed E-state index contributed by atoms with van der Waals surface area (Å²) in [6.45, 7) is 2.56.